The van der Waals surface area contributed by atoms with Crippen molar-refractivity contribution in [2.45, 2.75) is 13.3 Å². The molecule has 0 bridgehead atoms. The van der Waals surface area contributed by atoms with E-state index in [0.29, 0.717) is 0 Å². The second-order valence-electron chi connectivity index (χ2n) is 2.65. The number of carbonyl (C=O) groups excluding carboxylic acids is 1. The molecule has 0 fully saturated rings. The van der Waals surface area contributed by atoms with Gasteiger partial charge in [-0.15, -0.1) is 0 Å². The molecule has 3 nitrogen and oxygen atoms in total. The Labute approximate surface area is 79.7 Å². The first-order chi connectivity index (χ1) is 6.57. The van der Waals surface area contributed by atoms with E-state index in [1.807, 2.05) is 0 Å². The van der Waals surface area contributed by atoms with Crippen LogP contribution in [0.25, 0.3) is 0 Å². The summed E-state index contributed by atoms with van der Waals surface area (Å²) in [7, 11) is 1.14. The number of ether oxygens (including phenoxy) is 1. The van der Waals surface area contributed by atoms with E-state index in [1.54, 1.807) is 0 Å². The summed E-state index contributed by atoms with van der Waals surface area (Å²) in [5.41, 5.74) is -0.246. The number of hydrogen-bond donors (Lipinski definition) is 0. The summed E-state index contributed by atoms with van der Waals surface area (Å²) in [6.07, 6.45) is -1.46. The van der Waals surface area contributed by atoms with Crippen molar-refractivity contribution >= 4 is 5.97 Å². The van der Waals surface area contributed by atoms with E-state index >= 15 is 0 Å². The molecule has 0 aliphatic heterocycles. The number of nitrogens with zero attached hydrogens (tertiary/aromatic N) is 1. The molecule has 1 aromatic rings. The Hall–Kier alpha value is -1.52. The number of rotatable bonds is 2. The van der Waals surface area contributed by atoms with Gasteiger partial charge in [-0.1, -0.05) is 0 Å². The van der Waals surface area contributed by atoms with Gasteiger partial charge in [0, 0.05) is 11.8 Å². The third-order valence-corrected chi connectivity index (χ3v) is 1.80. The van der Waals surface area contributed by atoms with Crippen molar-refractivity contribution in [2.24, 2.45) is 0 Å². The monoisotopic (exact) mass is 201 g/mol. The largest absolute Gasteiger partial charge is 0.465 e. The van der Waals surface area contributed by atoms with Gasteiger partial charge in [0.05, 0.1) is 18.4 Å². The summed E-state index contributed by atoms with van der Waals surface area (Å²) in [5, 5.41) is 0. The molecule has 0 atom stereocenters. The average Bonchev–Trinajstić information content (AvgIpc) is 2.16. The number of halogens is 2. The van der Waals surface area contributed by atoms with Crippen molar-refractivity contribution in [3.05, 3.63) is 29.1 Å². The highest BCUT2D eigenvalue weighted by Gasteiger charge is 2.21. The smallest absolute Gasteiger partial charge is 0.340 e. The lowest BCUT2D eigenvalue weighted by Crippen LogP contribution is -2.09. The van der Waals surface area contributed by atoms with Gasteiger partial charge in [-0.25, -0.2) is 13.6 Å². The van der Waals surface area contributed by atoms with Gasteiger partial charge in [0.2, 0.25) is 0 Å². The van der Waals surface area contributed by atoms with Crippen LogP contribution in [0.5, 0.6) is 0 Å². The maximum atomic E-state index is 12.5. The van der Waals surface area contributed by atoms with Crippen LogP contribution in [0.1, 0.15) is 28.0 Å². The molecule has 5 heteroatoms. The quantitative estimate of drug-likeness (QED) is 0.688. The second-order valence-corrected chi connectivity index (χ2v) is 2.65. The van der Waals surface area contributed by atoms with Crippen molar-refractivity contribution < 1.29 is 18.3 Å². The Morgan fingerprint density at radius 2 is 2.21 bits per heavy atom. The minimum Gasteiger partial charge on any atom is -0.465 e. The van der Waals surface area contributed by atoms with Crippen molar-refractivity contribution in [2.75, 3.05) is 7.11 Å². The Balaban J connectivity index is 3.29. The fourth-order valence-corrected chi connectivity index (χ4v) is 1.14. The number of esters is 1. The first kappa shape index (κ1) is 10.6. The molecule has 0 saturated carbocycles. The lowest BCUT2D eigenvalue weighted by Gasteiger charge is -2.08. The fourth-order valence-electron chi connectivity index (χ4n) is 1.14. The van der Waals surface area contributed by atoms with Crippen LogP contribution in [-0.2, 0) is 4.74 Å². The summed E-state index contributed by atoms with van der Waals surface area (Å²) >= 11 is 0. The van der Waals surface area contributed by atoms with Crippen LogP contribution in [0.4, 0.5) is 8.78 Å². The first-order valence-corrected chi connectivity index (χ1v) is 3.90. The SMILES string of the molecule is COC(=O)c1c(C(F)F)ccnc1C. The lowest BCUT2D eigenvalue weighted by atomic mass is 10.1. The van der Waals surface area contributed by atoms with Crippen molar-refractivity contribution in [3.8, 4) is 0 Å². The van der Waals surface area contributed by atoms with Crippen LogP contribution in [0.15, 0.2) is 12.3 Å². The zero-order valence-electron chi connectivity index (χ0n) is 7.75. The standard InChI is InChI=1S/C9H9F2NO2/c1-5-7(9(13)14-2)6(8(10)11)3-4-12-5/h3-4,8H,1-2H3. The van der Waals surface area contributed by atoms with E-state index in [0.717, 1.165) is 13.2 Å². The van der Waals surface area contributed by atoms with E-state index in [4.69, 9.17) is 0 Å². The predicted molar refractivity (Wildman–Crippen MR) is 45.3 cm³/mol. The van der Waals surface area contributed by atoms with Gasteiger partial charge < -0.3 is 4.74 Å². The summed E-state index contributed by atoms with van der Waals surface area (Å²) < 4.78 is 29.3. The van der Waals surface area contributed by atoms with E-state index in [1.165, 1.54) is 13.1 Å². The van der Waals surface area contributed by atoms with Crippen LogP contribution < -0.4 is 0 Å². The summed E-state index contributed by atoms with van der Waals surface area (Å²) in [5.74, 6) is -0.786. The molecule has 1 aromatic heterocycles. The van der Waals surface area contributed by atoms with E-state index in [2.05, 4.69) is 9.72 Å². The molecule has 0 aliphatic rings. The van der Waals surface area contributed by atoms with Crippen LogP contribution in [0, 0.1) is 6.92 Å². The topological polar surface area (TPSA) is 39.2 Å². The van der Waals surface area contributed by atoms with Crippen LogP contribution in [-0.4, -0.2) is 18.1 Å². The van der Waals surface area contributed by atoms with Gasteiger partial charge in [0.15, 0.2) is 0 Å². The van der Waals surface area contributed by atoms with Crippen LogP contribution >= 0.6 is 0 Å². The molecular formula is C9H9F2NO2. The number of carbonyl (C=O) groups is 1. The van der Waals surface area contributed by atoms with Gasteiger partial charge in [0.25, 0.3) is 6.43 Å². The molecule has 0 aromatic carbocycles. The van der Waals surface area contributed by atoms with Crippen molar-refractivity contribution in [3.63, 3.8) is 0 Å². The molecule has 0 spiro atoms. The minimum atomic E-state index is -2.70. The van der Waals surface area contributed by atoms with E-state index in [9.17, 15) is 13.6 Å². The van der Waals surface area contributed by atoms with Gasteiger partial charge in [-0.3, -0.25) is 4.98 Å². The Kier molecular flexibility index (Phi) is 3.11. The molecule has 14 heavy (non-hydrogen) atoms. The number of pyridine rings is 1. The number of hydrogen-bond acceptors (Lipinski definition) is 3. The average molecular weight is 201 g/mol. The van der Waals surface area contributed by atoms with E-state index < -0.39 is 12.4 Å². The molecule has 0 N–H and O–H groups in total. The second kappa shape index (κ2) is 4.13. The van der Waals surface area contributed by atoms with E-state index in [-0.39, 0.29) is 16.8 Å². The number of aryl methyl sites for hydroxylation is 1. The number of alkyl halides is 2. The van der Waals surface area contributed by atoms with Crippen molar-refractivity contribution in [1.82, 2.24) is 4.98 Å². The summed E-state index contributed by atoms with van der Waals surface area (Å²) in [4.78, 5) is 14.9. The molecule has 1 heterocycles. The molecule has 0 unspecified atom stereocenters. The minimum absolute atomic E-state index is 0.148. The van der Waals surface area contributed by atoms with Gasteiger partial charge >= 0.3 is 5.97 Å². The highest BCUT2D eigenvalue weighted by molar-refractivity contribution is 5.92. The molecule has 1 rings (SSSR count). The third kappa shape index (κ3) is 1.86. The summed E-state index contributed by atoms with van der Waals surface area (Å²) in [6, 6.07) is 1.11. The zero-order chi connectivity index (χ0) is 10.7. The molecule has 0 saturated heterocycles. The molecule has 0 aliphatic carbocycles. The molecule has 76 valence electrons. The first-order valence-electron chi connectivity index (χ1n) is 3.90. The molecule has 0 radical (unpaired) electrons. The Bertz CT molecular complexity index is 353. The Morgan fingerprint density at radius 3 is 2.71 bits per heavy atom. The van der Waals surface area contributed by atoms with Gasteiger partial charge in [-0.05, 0) is 13.0 Å². The summed E-state index contributed by atoms with van der Waals surface area (Å²) in [6.45, 7) is 1.48. The maximum Gasteiger partial charge on any atom is 0.340 e. The van der Waals surface area contributed by atoms with Gasteiger partial charge in [-0.2, -0.15) is 0 Å². The van der Waals surface area contributed by atoms with Gasteiger partial charge in [0.1, 0.15) is 0 Å². The Morgan fingerprint density at radius 1 is 1.57 bits per heavy atom. The highest BCUT2D eigenvalue weighted by Crippen LogP contribution is 2.24. The zero-order valence-corrected chi connectivity index (χ0v) is 7.75. The van der Waals surface area contributed by atoms with Crippen LogP contribution in [0.2, 0.25) is 0 Å². The highest BCUT2D eigenvalue weighted by atomic mass is 19.3. The normalized spacial score (nSPS) is 10.4. The van der Waals surface area contributed by atoms with Crippen LogP contribution in [0.3, 0.4) is 0 Å². The van der Waals surface area contributed by atoms with Crippen molar-refractivity contribution in [1.29, 1.82) is 0 Å². The third-order valence-electron chi connectivity index (χ3n) is 1.80. The predicted octanol–water partition coefficient (Wildman–Crippen LogP) is 2.11. The lowest BCUT2D eigenvalue weighted by molar-refractivity contribution is 0.0587. The maximum absolute atomic E-state index is 12.5. The molecule has 0 amide bonds. The number of methoxy groups -OCH3 is 1. The fraction of sp³-hybridized carbons (Fsp3) is 0.333. The molecular weight excluding hydrogens is 192 g/mol. The number of aromatic nitrogens is 1.